The van der Waals surface area contributed by atoms with Crippen LogP contribution in [-0.4, -0.2) is 21.2 Å². The van der Waals surface area contributed by atoms with E-state index in [0.717, 1.165) is 4.57 Å². The van der Waals surface area contributed by atoms with Crippen molar-refractivity contribution in [2.75, 3.05) is 0 Å². The van der Waals surface area contributed by atoms with Crippen molar-refractivity contribution >= 4 is 28.5 Å². The summed E-state index contributed by atoms with van der Waals surface area (Å²) >= 11 is 0. The van der Waals surface area contributed by atoms with Crippen molar-refractivity contribution in [2.45, 2.75) is 13.3 Å². The second-order valence-electron chi connectivity index (χ2n) is 5.27. The minimum absolute atomic E-state index is 0.101. The number of hydrogen-bond donors (Lipinski definition) is 0. The van der Waals surface area contributed by atoms with Gasteiger partial charge in [0.25, 0.3) is 11.6 Å². The van der Waals surface area contributed by atoms with E-state index >= 15 is 0 Å². The predicted molar refractivity (Wildman–Crippen MR) is 87.9 cm³/mol. The van der Waals surface area contributed by atoms with Crippen LogP contribution in [0.25, 0.3) is 11.1 Å². The smallest absolute Gasteiger partial charge is 0.407 e. The van der Waals surface area contributed by atoms with Crippen molar-refractivity contribution in [1.82, 2.24) is 4.57 Å². The number of fused-ring (bicyclic) bond motifs is 1. The number of nitro groups is 1. The zero-order valence-corrected chi connectivity index (χ0v) is 13.1. The minimum atomic E-state index is -0.889. The molecule has 25 heavy (non-hydrogen) atoms. The number of carbonyl (C=O) groups excluding carboxylic acids is 2. The molecule has 1 heterocycles. The molecule has 0 aliphatic heterocycles. The molecule has 3 rings (SSSR count). The van der Waals surface area contributed by atoms with E-state index in [1.807, 2.05) is 0 Å². The van der Waals surface area contributed by atoms with Crippen LogP contribution in [0.3, 0.4) is 0 Å². The lowest BCUT2D eigenvalue weighted by Gasteiger charge is -2.02. The van der Waals surface area contributed by atoms with Crippen LogP contribution in [0.4, 0.5) is 5.69 Å². The van der Waals surface area contributed by atoms with Gasteiger partial charge in [0, 0.05) is 29.7 Å². The molecule has 0 radical (unpaired) electrons. The van der Waals surface area contributed by atoms with E-state index in [1.165, 1.54) is 42.5 Å². The highest BCUT2D eigenvalue weighted by Gasteiger charge is 2.19. The number of ketones is 1. The third kappa shape index (κ3) is 2.85. The van der Waals surface area contributed by atoms with Crippen LogP contribution < -0.4 is 5.76 Å². The summed E-state index contributed by atoms with van der Waals surface area (Å²) in [6.07, 6.45) is 0.304. The summed E-state index contributed by atoms with van der Waals surface area (Å²) in [4.78, 5) is 46.5. The molecule has 1 aromatic heterocycles. The fraction of sp³-hybridized carbons (Fsp3) is 0.118. The number of nitro benzene ring substituents is 1. The fourth-order valence-corrected chi connectivity index (χ4v) is 2.44. The Kier molecular flexibility index (Phi) is 4.02. The average molecular weight is 340 g/mol. The highest BCUT2D eigenvalue weighted by Crippen LogP contribution is 2.19. The summed E-state index contributed by atoms with van der Waals surface area (Å²) < 4.78 is 5.90. The van der Waals surface area contributed by atoms with Gasteiger partial charge in [0.05, 0.1) is 10.4 Å². The van der Waals surface area contributed by atoms with Gasteiger partial charge < -0.3 is 4.42 Å². The molecule has 126 valence electrons. The first-order valence-corrected chi connectivity index (χ1v) is 7.40. The van der Waals surface area contributed by atoms with Crippen molar-refractivity contribution in [3.63, 3.8) is 0 Å². The molecule has 0 bridgehead atoms. The lowest BCUT2D eigenvalue weighted by molar-refractivity contribution is -0.384. The van der Waals surface area contributed by atoms with Crippen molar-refractivity contribution in [3.05, 3.63) is 74.3 Å². The summed E-state index contributed by atoms with van der Waals surface area (Å²) in [5.74, 6) is -1.67. The second-order valence-corrected chi connectivity index (χ2v) is 5.27. The van der Waals surface area contributed by atoms with E-state index in [4.69, 9.17) is 4.42 Å². The van der Waals surface area contributed by atoms with Gasteiger partial charge in [-0.05, 0) is 30.3 Å². The molecule has 0 atom stereocenters. The monoisotopic (exact) mass is 340 g/mol. The maximum atomic E-state index is 12.6. The molecule has 0 aliphatic carbocycles. The van der Waals surface area contributed by atoms with Crippen LogP contribution >= 0.6 is 0 Å². The van der Waals surface area contributed by atoms with Crippen LogP contribution in [-0.2, 0) is 0 Å². The molecular weight excluding hydrogens is 328 g/mol. The summed E-state index contributed by atoms with van der Waals surface area (Å²) in [6.45, 7) is 1.71. The maximum Gasteiger partial charge on any atom is 0.427 e. The van der Waals surface area contributed by atoms with Crippen LogP contribution in [0.2, 0.25) is 0 Å². The molecule has 0 N–H and O–H groups in total. The third-order valence-corrected chi connectivity index (χ3v) is 3.75. The molecule has 0 saturated carbocycles. The van der Waals surface area contributed by atoms with E-state index in [9.17, 15) is 24.5 Å². The SMILES string of the molecule is CCC(=O)c1ccc2c(c1)oc(=O)n2C(=O)c1ccc([N+](=O)[O-])cc1. The number of aromatic nitrogens is 1. The highest BCUT2D eigenvalue weighted by molar-refractivity contribution is 6.03. The average Bonchev–Trinajstić information content (AvgIpc) is 2.95. The second kappa shape index (κ2) is 6.16. The quantitative estimate of drug-likeness (QED) is 0.410. The van der Waals surface area contributed by atoms with Gasteiger partial charge in [-0.25, -0.2) is 9.36 Å². The molecular formula is C17H12N2O6. The molecule has 0 unspecified atom stereocenters. The van der Waals surface area contributed by atoms with Crippen molar-refractivity contribution in [3.8, 4) is 0 Å². The Labute approximate surface area is 140 Å². The van der Waals surface area contributed by atoms with E-state index < -0.39 is 16.6 Å². The van der Waals surface area contributed by atoms with Gasteiger partial charge >= 0.3 is 5.76 Å². The summed E-state index contributed by atoms with van der Waals surface area (Å²) in [7, 11) is 0. The molecule has 3 aromatic rings. The Morgan fingerprint density at radius 3 is 2.36 bits per heavy atom. The number of carbonyl (C=O) groups is 2. The minimum Gasteiger partial charge on any atom is -0.407 e. The standard InChI is InChI=1S/C17H12N2O6/c1-2-14(20)11-5-8-13-15(9-11)25-17(22)18(13)16(21)10-3-6-12(7-4-10)19(23)24/h3-9H,2H2,1H3. The summed E-state index contributed by atoms with van der Waals surface area (Å²) in [5, 5.41) is 10.7. The topological polar surface area (TPSA) is 112 Å². The molecule has 0 fully saturated rings. The molecule has 0 aliphatic rings. The number of oxazole rings is 1. The Bertz CT molecular complexity index is 1060. The van der Waals surface area contributed by atoms with E-state index in [2.05, 4.69) is 0 Å². The Morgan fingerprint density at radius 2 is 1.76 bits per heavy atom. The van der Waals surface area contributed by atoms with Gasteiger partial charge in [-0.2, -0.15) is 0 Å². The number of Topliss-reactive ketones (excluding diaryl/α,β-unsaturated/α-hetero) is 1. The van der Waals surface area contributed by atoms with Gasteiger partial charge in [0.1, 0.15) is 0 Å². The van der Waals surface area contributed by atoms with Crippen LogP contribution in [0, 0.1) is 10.1 Å². The van der Waals surface area contributed by atoms with Gasteiger partial charge in [-0.3, -0.25) is 19.7 Å². The largest absolute Gasteiger partial charge is 0.427 e. The number of benzene rings is 2. The van der Waals surface area contributed by atoms with Crippen LogP contribution in [0.5, 0.6) is 0 Å². The van der Waals surface area contributed by atoms with Gasteiger partial charge in [-0.1, -0.05) is 6.92 Å². The first-order valence-electron chi connectivity index (χ1n) is 7.40. The molecule has 8 heteroatoms. The summed E-state index contributed by atoms with van der Waals surface area (Å²) in [6, 6.07) is 9.29. The lowest BCUT2D eigenvalue weighted by Crippen LogP contribution is -2.23. The molecule has 0 spiro atoms. The number of rotatable bonds is 4. The van der Waals surface area contributed by atoms with Gasteiger partial charge in [0.2, 0.25) is 0 Å². The van der Waals surface area contributed by atoms with Crippen molar-refractivity contribution in [2.24, 2.45) is 0 Å². The third-order valence-electron chi connectivity index (χ3n) is 3.75. The van der Waals surface area contributed by atoms with Gasteiger partial charge in [-0.15, -0.1) is 0 Å². The summed E-state index contributed by atoms with van der Waals surface area (Å²) in [5.41, 5.74) is 0.673. The zero-order valence-electron chi connectivity index (χ0n) is 13.1. The molecule has 0 saturated heterocycles. The number of hydrogen-bond acceptors (Lipinski definition) is 6. The Morgan fingerprint density at radius 1 is 1.12 bits per heavy atom. The lowest BCUT2D eigenvalue weighted by atomic mass is 10.1. The molecule has 8 nitrogen and oxygen atoms in total. The Hall–Kier alpha value is -3.55. The molecule has 2 aromatic carbocycles. The zero-order chi connectivity index (χ0) is 18.1. The molecule has 0 amide bonds. The van der Waals surface area contributed by atoms with Gasteiger partial charge in [0.15, 0.2) is 11.4 Å². The van der Waals surface area contributed by atoms with E-state index in [1.54, 1.807) is 6.92 Å². The first kappa shape index (κ1) is 16.3. The number of non-ortho nitro benzene ring substituents is 1. The normalized spacial score (nSPS) is 10.8. The highest BCUT2D eigenvalue weighted by atomic mass is 16.6. The van der Waals surface area contributed by atoms with E-state index in [0.29, 0.717) is 12.0 Å². The van der Waals surface area contributed by atoms with E-state index in [-0.39, 0.29) is 28.1 Å². The predicted octanol–water partition coefficient (Wildman–Crippen LogP) is 2.78. The van der Waals surface area contributed by atoms with Crippen molar-refractivity contribution in [1.29, 1.82) is 0 Å². The maximum absolute atomic E-state index is 12.6. The Balaban J connectivity index is 2.07. The van der Waals surface area contributed by atoms with Crippen LogP contribution in [0.15, 0.2) is 51.7 Å². The first-order chi connectivity index (χ1) is 11.9. The fourth-order valence-electron chi connectivity index (χ4n) is 2.44. The number of nitrogens with zero attached hydrogens (tertiary/aromatic N) is 2. The van der Waals surface area contributed by atoms with Crippen molar-refractivity contribution < 1.29 is 18.9 Å². The van der Waals surface area contributed by atoms with Crippen LogP contribution in [0.1, 0.15) is 34.1 Å².